The van der Waals surface area contributed by atoms with E-state index >= 15 is 0 Å². The van der Waals surface area contributed by atoms with Crippen LogP contribution in [0.25, 0.3) is 0 Å². The standard InChI is InChI=1S/C15H27N3O4/c1-10(2)7-17-15(22)18-6-4-5-12(9-18)13(19)16-8-11(3)14(20)21/h10-12H,4-9H2,1-3H3,(H,16,19)(H,17,22)(H,20,21). The minimum atomic E-state index is -0.932. The zero-order valence-corrected chi connectivity index (χ0v) is 13.6. The molecule has 2 atom stereocenters. The second kappa shape index (κ2) is 8.60. The van der Waals surface area contributed by atoms with Gasteiger partial charge in [-0.3, -0.25) is 9.59 Å². The molecule has 0 spiro atoms. The van der Waals surface area contributed by atoms with Crippen molar-refractivity contribution in [2.24, 2.45) is 17.8 Å². The third-order valence-electron chi connectivity index (χ3n) is 3.74. The highest BCUT2D eigenvalue weighted by atomic mass is 16.4. The van der Waals surface area contributed by atoms with E-state index in [9.17, 15) is 14.4 Å². The Hall–Kier alpha value is -1.79. The van der Waals surface area contributed by atoms with Crippen molar-refractivity contribution in [3.63, 3.8) is 0 Å². The first-order valence-electron chi connectivity index (χ1n) is 7.84. The number of hydrogen-bond donors (Lipinski definition) is 3. The zero-order valence-electron chi connectivity index (χ0n) is 13.6. The van der Waals surface area contributed by atoms with Gasteiger partial charge in [-0.1, -0.05) is 20.8 Å². The molecule has 7 nitrogen and oxygen atoms in total. The number of urea groups is 1. The van der Waals surface area contributed by atoms with Crippen molar-refractivity contribution in [3.8, 4) is 0 Å². The molecule has 0 aliphatic carbocycles. The van der Waals surface area contributed by atoms with Crippen LogP contribution < -0.4 is 10.6 Å². The number of hydrogen-bond acceptors (Lipinski definition) is 3. The number of carboxylic acid groups (broad SMARTS) is 1. The molecule has 0 aromatic heterocycles. The van der Waals surface area contributed by atoms with Crippen molar-refractivity contribution >= 4 is 17.9 Å². The first-order valence-corrected chi connectivity index (χ1v) is 7.84. The monoisotopic (exact) mass is 313 g/mol. The molecular weight excluding hydrogens is 286 g/mol. The number of rotatable bonds is 6. The molecule has 7 heteroatoms. The molecule has 22 heavy (non-hydrogen) atoms. The summed E-state index contributed by atoms with van der Waals surface area (Å²) in [5.74, 6) is -1.60. The van der Waals surface area contributed by atoms with E-state index in [1.54, 1.807) is 11.8 Å². The first kappa shape index (κ1) is 18.3. The maximum atomic E-state index is 12.1. The Morgan fingerprint density at radius 1 is 1.18 bits per heavy atom. The molecule has 0 bridgehead atoms. The molecule has 1 aliphatic heterocycles. The van der Waals surface area contributed by atoms with Crippen LogP contribution in [0.5, 0.6) is 0 Å². The van der Waals surface area contributed by atoms with Crippen molar-refractivity contribution in [2.75, 3.05) is 26.2 Å². The summed E-state index contributed by atoms with van der Waals surface area (Å²) < 4.78 is 0. The average molecular weight is 313 g/mol. The van der Waals surface area contributed by atoms with Crippen molar-refractivity contribution < 1.29 is 19.5 Å². The van der Waals surface area contributed by atoms with Crippen LogP contribution in [0.3, 0.4) is 0 Å². The SMILES string of the molecule is CC(C)CNC(=O)N1CCCC(C(=O)NCC(C)C(=O)O)C1. The zero-order chi connectivity index (χ0) is 16.7. The third-order valence-corrected chi connectivity index (χ3v) is 3.74. The summed E-state index contributed by atoms with van der Waals surface area (Å²) in [6.07, 6.45) is 1.50. The Bertz CT molecular complexity index is 412. The molecule has 1 saturated heterocycles. The number of carboxylic acids is 1. The van der Waals surface area contributed by atoms with Crippen LogP contribution in [0.4, 0.5) is 4.79 Å². The number of piperidine rings is 1. The Morgan fingerprint density at radius 3 is 2.45 bits per heavy atom. The van der Waals surface area contributed by atoms with Gasteiger partial charge in [0.05, 0.1) is 11.8 Å². The molecule has 3 amide bonds. The van der Waals surface area contributed by atoms with Gasteiger partial charge in [-0.2, -0.15) is 0 Å². The summed E-state index contributed by atoms with van der Waals surface area (Å²) in [4.78, 5) is 36.5. The largest absolute Gasteiger partial charge is 0.481 e. The molecule has 0 aromatic rings. The number of carbonyl (C=O) groups is 3. The van der Waals surface area contributed by atoms with E-state index in [4.69, 9.17) is 5.11 Å². The summed E-state index contributed by atoms with van der Waals surface area (Å²) in [5.41, 5.74) is 0. The molecule has 2 unspecified atom stereocenters. The topological polar surface area (TPSA) is 98.7 Å². The molecule has 0 aromatic carbocycles. The molecule has 0 saturated carbocycles. The number of aliphatic carboxylic acids is 1. The smallest absolute Gasteiger partial charge is 0.317 e. The number of amides is 3. The molecule has 1 fully saturated rings. The van der Waals surface area contributed by atoms with Gasteiger partial charge in [-0.15, -0.1) is 0 Å². The van der Waals surface area contributed by atoms with Gasteiger partial charge in [0.15, 0.2) is 0 Å². The number of likely N-dealkylation sites (tertiary alicyclic amines) is 1. The van der Waals surface area contributed by atoms with E-state index in [0.717, 1.165) is 12.8 Å². The Labute approximate surface area is 131 Å². The Kier molecular flexibility index (Phi) is 7.14. The van der Waals surface area contributed by atoms with Crippen LogP contribution in [0.1, 0.15) is 33.6 Å². The number of carbonyl (C=O) groups excluding carboxylic acids is 2. The van der Waals surface area contributed by atoms with Gasteiger partial charge >= 0.3 is 12.0 Å². The van der Waals surface area contributed by atoms with Gasteiger partial charge in [0.1, 0.15) is 0 Å². The summed E-state index contributed by atoms with van der Waals surface area (Å²) in [6, 6.07) is -0.134. The van der Waals surface area contributed by atoms with Crippen LogP contribution in [0.2, 0.25) is 0 Å². The molecule has 1 rings (SSSR count). The number of nitrogens with zero attached hydrogens (tertiary/aromatic N) is 1. The quantitative estimate of drug-likeness (QED) is 0.678. The molecule has 126 valence electrons. The lowest BCUT2D eigenvalue weighted by molar-refractivity contribution is -0.141. The second-order valence-corrected chi connectivity index (χ2v) is 6.35. The summed E-state index contributed by atoms with van der Waals surface area (Å²) >= 11 is 0. The average Bonchev–Trinajstić information content (AvgIpc) is 2.49. The van der Waals surface area contributed by atoms with Gasteiger partial charge in [0.25, 0.3) is 0 Å². The van der Waals surface area contributed by atoms with Crippen molar-refractivity contribution in [1.82, 2.24) is 15.5 Å². The second-order valence-electron chi connectivity index (χ2n) is 6.35. The lowest BCUT2D eigenvalue weighted by atomic mass is 9.97. The molecule has 1 aliphatic rings. The van der Waals surface area contributed by atoms with Gasteiger partial charge in [-0.25, -0.2) is 4.79 Å². The lowest BCUT2D eigenvalue weighted by Crippen LogP contribution is -2.49. The van der Waals surface area contributed by atoms with Gasteiger partial charge in [0, 0.05) is 26.2 Å². The van der Waals surface area contributed by atoms with E-state index in [1.807, 2.05) is 13.8 Å². The van der Waals surface area contributed by atoms with Gasteiger partial charge in [-0.05, 0) is 18.8 Å². The van der Waals surface area contributed by atoms with Gasteiger partial charge < -0.3 is 20.6 Å². The third kappa shape index (κ3) is 5.91. The lowest BCUT2D eigenvalue weighted by Gasteiger charge is -2.32. The molecule has 1 heterocycles. The Morgan fingerprint density at radius 2 is 1.86 bits per heavy atom. The van der Waals surface area contributed by atoms with Crippen LogP contribution in [-0.4, -0.2) is 54.1 Å². The first-order chi connectivity index (χ1) is 10.3. The van der Waals surface area contributed by atoms with Crippen LogP contribution >= 0.6 is 0 Å². The highest BCUT2D eigenvalue weighted by Gasteiger charge is 2.28. The van der Waals surface area contributed by atoms with E-state index in [1.165, 1.54) is 0 Å². The number of nitrogens with one attached hydrogen (secondary N) is 2. The summed E-state index contributed by atoms with van der Waals surface area (Å²) in [5, 5.41) is 14.3. The van der Waals surface area contributed by atoms with E-state index in [-0.39, 0.29) is 24.4 Å². The fourth-order valence-corrected chi connectivity index (χ4v) is 2.26. The molecular formula is C15H27N3O4. The molecule has 0 radical (unpaired) electrons. The van der Waals surface area contributed by atoms with Crippen molar-refractivity contribution in [3.05, 3.63) is 0 Å². The van der Waals surface area contributed by atoms with E-state index in [2.05, 4.69) is 10.6 Å². The minimum absolute atomic E-state index is 0.115. The minimum Gasteiger partial charge on any atom is -0.481 e. The summed E-state index contributed by atoms with van der Waals surface area (Å²) in [6.45, 7) is 7.37. The highest BCUT2D eigenvalue weighted by Crippen LogP contribution is 2.16. The van der Waals surface area contributed by atoms with Crippen molar-refractivity contribution in [1.29, 1.82) is 0 Å². The van der Waals surface area contributed by atoms with E-state index in [0.29, 0.717) is 25.6 Å². The fraction of sp³-hybridized carbons (Fsp3) is 0.800. The summed E-state index contributed by atoms with van der Waals surface area (Å²) in [7, 11) is 0. The Balaban J connectivity index is 2.43. The fourth-order valence-electron chi connectivity index (χ4n) is 2.26. The van der Waals surface area contributed by atoms with Gasteiger partial charge in [0.2, 0.25) is 5.91 Å². The van der Waals surface area contributed by atoms with Crippen LogP contribution in [-0.2, 0) is 9.59 Å². The van der Waals surface area contributed by atoms with Crippen LogP contribution in [0.15, 0.2) is 0 Å². The highest BCUT2D eigenvalue weighted by molar-refractivity contribution is 5.81. The normalized spacial score (nSPS) is 19.6. The maximum absolute atomic E-state index is 12.1. The predicted molar refractivity (Wildman–Crippen MR) is 82.3 cm³/mol. The maximum Gasteiger partial charge on any atom is 0.317 e. The predicted octanol–water partition coefficient (Wildman–Crippen LogP) is 0.901. The van der Waals surface area contributed by atoms with E-state index < -0.39 is 11.9 Å². The molecule has 3 N–H and O–H groups in total. The van der Waals surface area contributed by atoms with Crippen molar-refractivity contribution in [2.45, 2.75) is 33.6 Å². The van der Waals surface area contributed by atoms with Crippen LogP contribution in [0, 0.1) is 17.8 Å².